The third-order valence-corrected chi connectivity index (χ3v) is 3.98. The third kappa shape index (κ3) is 2.45. The number of fused-ring (bicyclic) bond motifs is 1. The molecule has 3 rings (SSSR count). The second kappa shape index (κ2) is 5.69. The maximum absolute atomic E-state index is 5.53. The van der Waals surface area contributed by atoms with Crippen molar-refractivity contribution >= 4 is 11.0 Å². The van der Waals surface area contributed by atoms with Gasteiger partial charge >= 0.3 is 0 Å². The minimum atomic E-state index is 0.203. The number of nitrogens with one attached hydrogen (secondary N) is 1. The Bertz CT molecular complexity index is 732. The van der Waals surface area contributed by atoms with Crippen LogP contribution in [0.3, 0.4) is 0 Å². The van der Waals surface area contributed by atoms with Crippen LogP contribution >= 0.6 is 0 Å². The van der Waals surface area contributed by atoms with Gasteiger partial charge in [0.2, 0.25) is 11.7 Å². The zero-order valence-corrected chi connectivity index (χ0v) is 12.5. The molecule has 5 nitrogen and oxygen atoms in total. The number of nitrogens with zero attached hydrogens (tertiary/aromatic N) is 2. The van der Waals surface area contributed by atoms with Crippen LogP contribution in [0.5, 0.6) is 0 Å². The Balaban J connectivity index is 1.98. The highest BCUT2D eigenvalue weighted by molar-refractivity contribution is 5.91. The van der Waals surface area contributed by atoms with Crippen LogP contribution in [0.1, 0.15) is 32.1 Å². The summed E-state index contributed by atoms with van der Waals surface area (Å²) in [6.07, 6.45) is 2.62. The van der Waals surface area contributed by atoms with Crippen molar-refractivity contribution in [3.8, 4) is 11.4 Å². The summed E-state index contributed by atoms with van der Waals surface area (Å²) in [7, 11) is 1.94. The molecule has 0 spiro atoms. The van der Waals surface area contributed by atoms with Crippen LogP contribution in [0.25, 0.3) is 22.4 Å². The molecule has 110 valence electrons. The van der Waals surface area contributed by atoms with Crippen molar-refractivity contribution < 1.29 is 8.94 Å². The first-order valence-electron chi connectivity index (χ1n) is 7.22. The number of hydrogen-bond donors (Lipinski definition) is 1. The first kappa shape index (κ1) is 13.8. The maximum atomic E-state index is 5.53. The van der Waals surface area contributed by atoms with Gasteiger partial charge in [-0.2, -0.15) is 4.98 Å². The third-order valence-electron chi connectivity index (χ3n) is 3.98. The van der Waals surface area contributed by atoms with Crippen molar-refractivity contribution in [3.05, 3.63) is 36.4 Å². The molecule has 2 atom stereocenters. The normalized spacial score (nSPS) is 14.4. The maximum Gasteiger partial charge on any atom is 0.231 e. The van der Waals surface area contributed by atoms with E-state index < -0.39 is 0 Å². The molecule has 2 aromatic heterocycles. The highest BCUT2D eigenvalue weighted by Gasteiger charge is 2.23. The summed E-state index contributed by atoms with van der Waals surface area (Å²) in [5.41, 5.74) is 1.70. The van der Waals surface area contributed by atoms with Crippen LogP contribution in [0.15, 0.2) is 39.5 Å². The lowest BCUT2D eigenvalue weighted by Gasteiger charge is -2.17. The predicted molar refractivity (Wildman–Crippen MR) is 81.1 cm³/mol. The summed E-state index contributed by atoms with van der Waals surface area (Å²) in [6, 6.07) is 8.12. The van der Waals surface area contributed by atoms with Gasteiger partial charge in [0.15, 0.2) is 0 Å². The SMILES string of the molecule is CCC(c1nc(-c2coc3ccccc23)no1)C(C)NC. The van der Waals surface area contributed by atoms with Crippen LogP contribution in [-0.4, -0.2) is 23.2 Å². The van der Waals surface area contributed by atoms with Gasteiger partial charge in [0.1, 0.15) is 11.8 Å². The second-order valence-electron chi connectivity index (χ2n) is 5.19. The number of benzene rings is 1. The van der Waals surface area contributed by atoms with Gasteiger partial charge in [-0.05, 0) is 26.5 Å². The van der Waals surface area contributed by atoms with Crippen LogP contribution < -0.4 is 5.32 Å². The van der Waals surface area contributed by atoms with Gasteiger partial charge in [0.05, 0.1) is 11.5 Å². The van der Waals surface area contributed by atoms with E-state index in [0.29, 0.717) is 11.7 Å². The summed E-state index contributed by atoms with van der Waals surface area (Å²) in [5.74, 6) is 1.45. The predicted octanol–water partition coefficient (Wildman–Crippen LogP) is 3.58. The lowest BCUT2D eigenvalue weighted by molar-refractivity contribution is 0.322. The van der Waals surface area contributed by atoms with Gasteiger partial charge in [0, 0.05) is 11.4 Å². The molecule has 0 saturated carbocycles. The van der Waals surface area contributed by atoms with Crippen LogP contribution in [0.2, 0.25) is 0 Å². The van der Waals surface area contributed by atoms with Gasteiger partial charge in [-0.1, -0.05) is 30.3 Å². The summed E-state index contributed by atoms with van der Waals surface area (Å²) in [4.78, 5) is 4.57. The van der Waals surface area contributed by atoms with E-state index in [1.54, 1.807) is 6.26 Å². The van der Waals surface area contributed by atoms with E-state index in [1.165, 1.54) is 0 Å². The van der Waals surface area contributed by atoms with Crippen molar-refractivity contribution in [3.63, 3.8) is 0 Å². The fraction of sp³-hybridized carbons (Fsp3) is 0.375. The van der Waals surface area contributed by atoms with Crippen LogP contribution in [0, 0.1) is 0 Å². The summed E-state index contributed by atoms with van der Waals surface area (Å²) in [5, 5.41) is 8.36. The molecule has 3 aromatic rings. The number of aromatic nitrogens is 2. The fourth-order valence-corrected chi connectivity index (χ4v) is 2.59. The Morgan fingerprint density at radius 3 is 2.86 bits per heavy atom. The number of furan rings is 1. The van der Waals surface area contributed by atoms with Gasteiger partial charge in [0.25, 0.3) is 0 Å². The average molecular weight is 285 g/mol. The van der Waals surface area contributed by atoms with Crippen LogP contribution in [0.4, 0.5) is 0 Å². The largest absolute Gasteiger partial charge is 0.464 e. The van der Waals surface area contributed by atoms with Crippen molar-refractivity contribution in [2.45, 2.75) is 32.2 Å². The fourth-order valence-electron chi connectivity index (χ4n) is 2.59. The Kier molecular flexibility index (Phi) is 3.75. The molecule has 0 aliphatic carbocycles. The number of para-hydroxylation sites is 1. The average Bonchev–Trinajstić information content (AvgIpc) is 3.14. The minimum absolute atomic E-state index is 0.203. The van der Waals surface area contributed by atoms with Crippen molar-refractivity contribution in [2.75, 3.05) is 7.05 Å². The Labute approximate surface area is 123 Å². The van der Waals surface area contributed by atoms with Crippen molar-refractivity contribution in [1.29, 1.82) is 0 Å². The number of likely N-dealkylation sites (N-methyl/N-ethyl adjacent to an activating group) is 1. The molecule has 0 aliphatic rings. The van der Waals surface area contributed by atoms with Crippen molar-refractivity contribution in [2.24, 2.45) is 0 Å². The highest BCUT2D eigenvalue weighted by atomic mass is 16.5. The lowest BCUT2D eigenvalue weighted by atomic mass is 9.98. The van der Waals surface area contributed by atoms with E-state index >= 15 is 0 Å². The van der Waals surface area contributed by atoms with Gasteiger partial charge in [-0.25, -0.2) is 0 Å². The molecule has 0 bridgehead atoms. The minimum Gasteiger partial charge on any atom is -0.464 e. The van der Waals surface area contributed by atoms with Gasteiger partial charge < -0.3 is 14.3 Å². The van der Waals surface area contributed by atoms with E-state index in [1.807, 2.05) is 31.3 Å². The summed E-state index contributed by atoms with van der Waals surface area (Å²) < 4.78 is 11.0. The molecule has 1 N–H and O–H groups in total. The van der Waals surface area contributed by atoms with Crippen molar-refractivity contribution in [1.82, 2.24) is 15.5 Å². The summed E-state index contributed by atoms with van der Waals surface area (Å²) in [6.45, 7) is 4.24. The molecule has 0 aliphatic heterocycles. The quantitative estimate of drug-likeness (QED) is 0.776. The number of hydrogen-bond acceptors (Lipinski definition) is 5. The molecule has 0 fully saturated rings. The van der Waals surface area contributed by atoms with E-state index in [-0.39, 0.29) is 12.0 Å². The topological polar surface area (TPSA) is 64.1 Å². The first-order chi connectivity index (χ1) is 10.2. The zero-order chi connectivity index (χ0) is 14.8. The Morgan fingerprint density at radius 2 is 2.10 bits per heavy atom. The molecule has 21 heavy (non-hydrogen) atoms. The molecule has 0 radical (unpaired) electrons. The molecule has 2 heterocycles. The molecule has 0 amide bonds. The van der Waals surface area contributed by atoms with E-state index in [0.717, 1.165) is 23.0 Å². The second-order valence-corrected chi connectivity index (χ2v) is 5.19. The van der Waals surface area contributed by atoms with E-state index in [2.05, 4.69) is 29.3 Å². The highest BCUT2D eigenvalue weighted by Crippen LogP contribution is 2.30. The Morgan fingerprint density at radius 1 is 1.29 bits per heavy atom. The monoisotopic (exact) mass is 285 g/mol. The van der Waals surface area contributed by atoms with Crippen LogP contribution in [-0.2, 0) is 0 Å². The molecule has 0 saturated heterocycles. The standard InChI is InChI=1S/C16H19N3O2/c1-4-11(10(2)17-3)16-18-15(19-21-16)13-9-20-14-8-6-5-7-12(13)14/h5-11,17H,4H2,1-3H3. The zero-order valence-electron chi connectivity index (χ0n) is 12.5. The molecule has 1 aromatic carbocycles. The van der Waals surface area contributed by atoms with Gasteiger partial charge in [-0.3, -0.25) is 0 Å². The van der Waals surface area contributed by atoms with E-state index in [4.69, 9.17) is 8.94 Å². The smallest absolute Gasteiger partial charge is 0.231 e. The van der Waals surface area contributed by atoms with Gasteiger partial charge in [-0.15, -0.1) is 0 Å². The number of rotatable bonds is 5. The molecular formula is C16H19N3O2. The lowest BCUT2D eigenvalue weighted by Crippen LogP contribution is -2.28. The molecular weight excluding hydrogens is 266 g/mol. The molecule has 5 heteroatoms. The summed E-state index contributed by atoms with van der Waals surface area (Å²) >= 11 is 0. The first-order valence-corrected chi connectivity index (χ1v) is 7.22. The Hall–Kier alpha value is -2.14. The van der Waals surface area contributed by atoms with E-state index in [9.17, 15) is 0 Å². The molecule has 2 unspecified atom stereocenters.